The van der Waals surface area contributed by atoms with E-state index in [1.54, 1.807) is 0 Å². The van der Waals surface area contributed by atoms with Crippen molar-refractivity contribution in [1.29, 1.82) is 0 Å². The molecule has 0 aliphatic rings. The first-order chi connectivity index (χ1) is 3.41. The van der Waals surface area contributed by atoms with Crippen LogP contribution >= 0.6 is 0 Å². The molecular formula is C4H10AsO2. The van der Waals surface area contributed by atoms with Gasteiger partial charge in [-0.3, -0.25) is 0 Å². The van der Waals surface area contributed by atoms with Crippen LogP contribution in [0.2, 0.25) is 0 Å². The fraction of sp³-hybridized carbons (Fsp3) is 1.00. The van der Waals surface area contributed by atoms with Crippen LogP contribution in [-0.2, 0) is 7.45 Å². The zero-order chi connectivity index (χ0) is 5.54. The van der Waals surface area contributed by atoms with Crippen LogP contribution in [0.25, 0.3) is 0 Å². The summed E-state index contributed by atoms with van der Waals surface area (Å²) in [6.07, 6.45) is 0. The molecule has 0 aliphatic heterocycles. The fourth-order valence-electron chi connectivity index (χ4n) is 0.143. The van der Waals surface area contributed by atoms with E-state index in [0.29, 0.717) is 0 Å². The Bertz CT molecular complexity index is 28.9. The van der Waals surface area contributed by atoms with E-state index in [-0.39, 0.29) is 16.4 Å². The van der Waals surface area contributed by atoms with Crippen LogP contribution in [0.15, 0.2) is 0 Å². The third-order valence-electron chi connectivity index (χ3n) is 0.364. The molecule has 3 heteroatoms. The molecule has 43 valence electrons. The van der Waals surface area contributed by atoms with E-state index in [4.69, 9.17) is 7.45 Å². The second-order valence-electron chi connectivity index (χ2n) is 0.910. The number of hydrogen-bond acceptors (Lipinski definition) is 2. The molecule has 0 amide bonds. The first kappa shape index (κ1) is 7.48. The Morgan fingerprint density at radius 2 is 1.57 bits per heavy atom. The first-order valence-corrected chi connectivity index (χ1v) is 3.89. The van der Waals surface area contributed by atoms with E-state index < -0.39 is 0 Å². The molecule has 0 aromatic carbocycles. The van der Waals surface area contributed by atoms with E-state index in [0.717, 1.165) is 13.2 Å². The molecule has 0 aliphatic carbocycles. The molecule has 0 unspecified atom stereocenters. The predicted octanol–water partition coefficient (Wildman–Crippen LogP) is 0.594. The summed E-state index contributed by atoms with van der Waals surface area (Å²) in [4.78, 5) is 0. The molecule has 0 saturated carbocycles. The second kappa shape index (κ2) is 6.48. The molecule has 0 aromatic heterocycles. The van der Waals surface area contributed by atoms with Crippen LogP contribution in [0.5, 0.6) is 0 Å². The molecule has 0 atom stereocenters. The van der Waals surface area contributed by atoms with Gasteiger partial charge in [-0.1, -0.05) is 0 Å². The molecule has 2 nitrogen and oxygen atoms in total. The summed E-state index contributed by atoms with van der Waals surface area (Å²) in [6.45, 7) is 5.49. The van der Waals surface area contributed by atoms with Crippen LogP contribution in [0.4, 0.5) is 0 Å². The quantitative estimate of drug-likeness (QED) is 0.448. The summed E-state index contributed by atoms with van der Waals surface area (Å²) in [6, 6.07) is 0. The molecule has 0 N–H and O–H groups in total. The van der Waals surface area contributed by atoms with Crippen LogP contribution in [0, 0.1) is 0 Å². The van der Waals surface area contributed by atoms with Crippen molar-refractivity contribution in [2.45, 2.75) is 13.8 Å². The molecule has 0 aromatic rings. The van der Waals surface area contributed by atoms with Gasteiger partial charge in [0.1, 0.15) is 0 Å². The monoisotopic (exact) mass is 165 g/mol. The first-order valence-electron chi connectivity index (χ1n) is 2.36. The molecule has 0 saturated heterocycles. The van der Waals surface area contributed by atoms with E-state index in [1.807, 2.05) is 13.8 Å². The maximum atomic E-state index is 4.95. The SMILES string of the molecule is CCO[As]OCC. The summed E-state index contributed by atoms with van der Waals surface area (Å²) in [5, 5.41) is 0. The normalized spacial score (nSPS) is 9.43. The Balaban J connectivity index is 2.45. The van der Waals surface area contributed by atoms with Crippen LogP contribution in [0.1, 0.15) is 13.8 Å². The summed E-state index contributed by atoms with van der Waals surface area (Å²) < 4.78 is 9.89. The Kier molecular flexibility index (Phi) is 6.92. The van der Waals surface area contributed by atoms with E-state index in [2.05, 4.69) is 0 Å². The molecule has 0 heterocycles. The van der Waals surface area contributed by atoms with E-state index in [1.165, 1.54) is 0 Å². The van der Waals surface area contributed by atoms with Gasteiger partial charge in [-0.2, -0.15) is 0 Å². The predicted molar refractivity (Wildman–Crippen MR) is 29.0 cm³/mol. The standard InChI is InChI=1S/C4H10AsO2/c1-3-6-5-7-4-2/h3-4H2,1-2H3. The summed E-state index contributed by atoms with van der Waals surface area (Å²) in [7, 11) is 0. The van der Waals surface area contributed by atoms with Crippen LogP contribution < -0.4 is 0 Å². The Hall–Kier alpha value is 0.478. The molecule has 0 fully saturated rings. The van der Waals surface area contributed by atoms with Gasteiger partial charge >= 0.3 is 50.9 Å². The average Bonchev–Trinajstić information content (AvgIpc) is 1.69. The minimum absolute atomic E-state index is 0.255. The summed E-state index contributed by atoms with van der Waals surface area (Å²) in [5.41, 5.74) is 0. The third kappa shape index (κ3) is 6.48. The van der Waals surface area contributed by atoms with Crippen molar-refractivity contribution < 1.29 is 7.45 Å². The topological polar surface area (TPSA) is 18.5 Å². The number of hydrogen-bond donors (Lipinski definition) is 0. The van der Waals surface area contributed by atoms with Crippen molar-refractivity contribution in [3.05, 3.63) is 0 Å². The van der Waals surface area contributed by atoms with Gasteiger partial charge in [0.05, 0.1) is 0 Å². The van der Waals surface area contributed by atoms with Crippen molar-refractivity contribution >= 4 is 16.4 Å². The van der Waals surface area contributed by atoms with Crippen LogP contribution in [-0.4, -0.2) is 29.6 Å². The molecule has 7 heavy (non-hydrogen) atoms. The minimum atomic E-state index is -0.255. The Morgan fingerprint density at radius 3 is 1.86 bits per heavy atom. The van der Waals surface area contributed by atoms with Gasteiger partial charge in [0.25, 0.3) is 0 Å². The Labute approximate surface area is 51.6 Å². The molecule has 0 bridgehead atoms. The van der Waals surface area contributed by atoms with Crippen molar-refractivity contribution in [3.8, 4) is 0 Å². The van der Waals surface area contributed by atoms with Gasteiger partial charge in [-0.05, 0) is 0 Å². The number of rotatable bonds is 4. The Morgan fingerprint density at radius 1 is 1.14 bits per heavy atom. The van der Waals surface area contributed by atoms with Gasteiger partial charge in [0.15, 0.2) is 0 Å². The van der Waals surface area contributed by atoms with Crippen molar-refractivity contribution in [1.82, 2.24) is 0 Å². The summed E-state index contributed by atoms with van der Waals surface area (Å²) in [5.74, 6) is 0. The zero-order valence-corrected chi connectivity index (χ0v) is 6.55. The van der Waals surface area contributed by atoms with Gasteiger partial charge in [-0.25, -0.2) is 0 Å². The van der Waals surface area contributed by atoms with Crippen LogP contribution in [0.3, 0.4) is 0 Å². The van der Waals surface area contributed by atoms with Gasteiger partial charge in [0.2, 0.25) is 0 Å². The molecule has 0 spiro atoms. The summed E-state index contributed by atoms with van der Waals surface area (Å²) >= 11 is -0.255. The van der Waals surface area contributed by atoms with E-state index in [9.17, 15) is 0 Å². The maximum absolute atomic E-state index is 4.95. The molecular weight excluding hydrogens is 155 g/mol. The van der Waals surface area contributed by atoms with Crippen molar-refractivity contribution in [2.24, 2.45) is 0 Å². The third-order valence-corrected chi connectivity index (χ3v) is 1.89. The fourth-order valence-corrected chi connectivity index (χ4v) is 0.741. The second-order valence-corrected chi connectivity index (χ2v) is 2.31. The van der Waals surface area contributed by atoms with Gasteiger partial charge < -0.3 is 0 Å². The molecule has 1 radical (unpaired) electrons. The van der Waals surface area contributed by atoms with E-state index >= 15 is 0 Å². The van der Waals surface area contributed by atoms with Crippen molar-refractivity contribution in [3.63, 3.8) is 0 Å². The van der Waals surface area contributed by atoms with Crippen molar-refractivity contribution in [2.75, 3.05) is 13.2 Å². The van der Waals surface area contributed by atoms with Gasteiger partial charge in [-0.15, -0.1) is 0 Å². The molecule has 0 rings (SSSR count). The average molecular weight is 165 g/mol. The van der Waals surface area contributed by atoms with Gasteiger partial charge in [0, 0.05) is 0 Å². The zero-order valence-electron chi connectivity index (χ0n) is 4.68.